The van der Waals surface area contributed by atoms with Crippen molar-refractivity contribution < 1.29 is 0 Å². The zero-order chi connectivity index (χ0) is 10.3. The van der Waals surface area contributed by atoms with E-state index in [2.05, 4.69) is 48.0 Å². The molecular formula is C12H16BrN. The summed E-state index contributed by atoms with van der Waals surface area (Å²) in [6.07, 6.45) is 2.49. The fourth-order valence-electron chi connectivity index (χ4n) is 2.29. The van der Waals surface area contributed by atoms with E-state index < -0.39 is 0 Å². The summed E-state index contributed by atoms with van der Waals surface area (Å²) in [7, 11) is 0. The van der Waals surface area contributed by atoms with Crippen molar-refractivity contribution in [1.82, 2.24) is 0 Å². The second-order valence-electron chi connectivity index (χ2n) is 4.40. The molecule has 0 heterocycles. The number of aryl methyl sites for hydroxylation is 1. The summed E-state index contributed by atoms with van der Waals surface area (Å²) in [4.78, 5) is 0. The molecule has 0 spiro atoms. The minimum absolute atomic E-state index is 0.266. The highest BCUT2D eigenvalue weighted by Gasteiger charge is 2.47. The molecule has 1 unspecified atom stereocenters. The Morgan fingerprint density at radius 1 is 1.43 bits per heavy atom. The van der Waals surface area contributed by atoms with E-state index in [9.17, 15) is 0 Å². The van der Waals surface area contributed by atoms with Gasteiger partial charge in [0.25, 0.3) is 0 Å². The van der Waals surface area contributed by atoms with Gasteiger partial charge in [0.05, 0.1) is 0 Å². The molecular weight excluding hydrogens is 238 g/mol. The van der Waals surface area contributed by atoms with Crippen LogP contribution in [0.25, 0.3) is 0 Å². The lowest BCUT2D eigenvalue weighted by molar-refractivity contribution is 0.554. The molecule has 1 aromatic rings. The molecule has 2 rings (SSSR count). The van der Waals surface area contributed by atoms with Gasteiger partial charge in [-0.1, -0.05) is 22.0 Å². The van der Waals surface area contributed by atoms with Crippen molar-refractivity contribution in [2.24, 2.45) is 5.73 Å². The Labute approximate surface area is 93.8 Å². The Bertz CT molecular complexity index is 353. The topological polar surface area (TPSA) is 26.0 Å². The average Bonchev–Trinajstić information content (AvgIpc) is 2.84. The van der Waals surface area contributed by atoms with Gasteiger partial charge in [-0.3, -0.25) is 0 Å². The smallest absolute Gasteiger partial charge is 0.0178 e. The van der Waals surface area contributed by atoms with E-state index in [-0.39, 0.29) is 11.5 Å². The first-order valence-corrected chi connectivity index (χ1v) is 5.88. The number of nitrogens with two attached hydrogens (primary N) is 1. The maximum absolute atomic E-state index is 6.06. The van der Waals surface area contributed by atoms with Crippen LogP contribution in [0.4, 0.5) is 0 Å². The van der Waals surface area contributed by atoms with E-state index in [1.54, 1.807) is 0 Å². The monoisotopic (exact) mass is 253 g/mol. The molecule has 1 saturated carbocycles. The van der Waals surface area contributed by atoms with E-state index in [1.165, 1.54) is 24.0 Å². The Kier molecular flexibility index (Phi) is 2.44. The second-order valence-corrected chi connectivity index (χ2v) is 5.32. The Morgan fingerprint density at radius 2 is 2.07 bits per heavy atom. The van der Waals surface area contributed by atoms with Gasteiger partial charge in [0.2, 0.25) is 0 Å². The third-order valence-corrected chi connectivity index (χ3v) is 3.88. The summed E-state index contributed by atoms with van der Waals surface area (Å²) in [5, 5.41) is 0. The van der Waals surface area contributed by atoms with Crippen LogP contribution in [0.3, 0.4) is 0 Å². The Hall–Kier alpha value is -0.340. The van der Waals surface area contributed by atoms with E-state index in [0.717, 1.165) is 4.47 Å². The summed E-state index contributed by atoms with van der Waals surface area (Å²) < 4.78 is 1.15. The maximum Gasteiger partial charge on any atom is 0.0178 e. The summed E-state index contributed by atoms with van der Waals surface area (Å²) in [5.41, 5.74) is 9.14. The van der Waals surface area contributed by atoms with Crippen molar-refractivity contribution >= 4 is 15.9 Å². The quantitative estimate of drug-likeness (QED) is 0.862. The molecule has 1 fully saturated rings. The van der Waals surface area contributed by atoms with Gasteiger partial charge in [-0.25, -0.2) is 0 Å². The van der Waals surface area contributed by atoms with E-state index in [0.29, 0.717) is 0 Å². The summed E-state index contributed by atoms with van der Waals surface area (Å²) in [5.74, 6) is 0. The van der Waals surface area contributed by atoms with Crippen molar-refractivity contribution in [2.45, 2.75) is 38.1 Å². The zero-order valence-electron chi connectivity index (χ0n) is 8.68. The number of hydrogen-bond donors (Lipinski definition) is 1. The van der Waals surface area contributed by atoms with Crippen LogP contribution >= 0.6 is 15.9 Å². The van der Waals surface area contributed by atoms with Crippen LogP contribution in [0, 0.1) is 6.92 Å². The summed E-state index contributed by atoms with van der Waals surface area (Å²) >= 11 is 3.49. The van der Waals surface area contributed by atoms with Crippen LogP contribution < -0.4 is 5.73 Å². The minimum atomic E-state index is 0.266. The number of halogens is 1. The predicted octanol–water partition coefficient (Wildman–Crippen LogP) is 3.14. The second kappa shape index (κ2) is 3.35. The first kappa shape index (κ1) is 10.2. The highest BCUT2D eigenvalue weighted by Crippen LogP contribution is 2.51. The van der Waals surface area contributed by atoms with Crippen LogP contribution in [-0.4, -0.2) is 6.04 Å². The van der Waals surface area contributed by atoms with Crippen LogP contribution in [0.5, 0.6) is 0 Å². The largest absolute Gasteiger partial charge is 0.327 e. The van der Waals surface area contributed by atoms with Gasteiger partial charge in [0.1, 0.15) is 0 Å². The third-order valence-electron chi connectivity index (χ3n) is 3.39. The average molecular weight is 254 g/mol. The normalized spacial score (nSPS) is 20.6. The molecule has 1 aliphatic rings. The predicted molar refractivity (Wildman–Crippen MR) is 63.4 cm³/mol. The summed E-state index contributed by atoms with van der Waals surface area (Å²) in [6.45, 7) is 4.29. The molecule has 1 aromatic carbocycles. The zero-order valence-corrected chi connectivity index (χ0v) is 10.3. The van der Waals surface area contributed by atoms with Gasteiger partial charge in [0, 0.05) is 15.9 Å². The SMILES string of the molecule is Cc1cc(Br)ccc1C1(C(C)N)CC1. The molecule has 1 atom stereocenters. The van der Waals surface area contributed by atoms with Gasteiger partial charge in [-0.05, 0) is 49.9 Å². The molecule has 1 aliphatic carbocycles. The molecule has 0 aromatic heterocycles. The molecule has 2 N–H and O–H groups in total. The number of rotatable bonds is 2. The van der Waals surface area contributed by atoms with Gasteiger partial charge in [-0.15, -0.1) is 0 Å². The number of hydrogen-bond acceptors (Lipinski definition) is 1. The van der Waals surface area contributed by atoms with Crippen LogP contribution in [-0.2, 0) is 5.41 Å². The lowest BCUT2D eigenvalue weighted by Gasteiger charge is -2.22. The first-order valence-electron chi connectivity index (χ1n) is 5.08. The highest BCUT2D eigenvalue weighted by molar-refractivity contribution is 9.10. The lowest BCUT2D eigenvalue weighted by atomic mass is 9.86. The lowest BCUT2D eigenvalue weighted by Crippen LogP contribution is -2.32. The molecule has 2 heteroatoms. The minimum Gasteiger partial charge on any atom is -0.327 e. The van der Waals surface area contributed by atoms with E-state index in [1.807, 2.05) is 0 Å². The van der Waals surface area contributed by atoms with Crippen molar-refractivity contribution in [1.29, 1.82) is 0 Å². The molecule has 1 nitrogen and oxygen atoms in total. The fourth-order valence-corrected chi connectivity index (χ4v) is 2.77. The highest BCUT2D eigenvalue weighted by atomic mass is 79.9. The first-order chi connectivity index (χ1) is 6.56. The third kappa shape index (κ3) is 1.51. The maximum atomic E-state index is 6.06. The standard InChI is InChI=1S/C12H16BrN/c1-8-7-10(13)3-4-11(8)12(5-6-12)9(2)14/h3-4,7,9H,5-6,14H2,1-2H3. The molecule has 0 bridgehead atoms. The summed E-state index contributed by atoms with van der Waals surface area (Å²) in [6, 6.07) is 6.78. The van der Waals surface area contributed by atoms with Crippen LogP contribution in [0.15, 0.2) is 22.7 Å². The van der Waals surface area contributed by atoms with Crippen molar-refractivity contribution in [2.75, 3.05) is 0 Å². The van der Waals surface area contributed by atoms with Gasteiger partial charge in [-0.2, -0.15) is 0 Å². The van der Waals surface area contributed by atoms with E-state index in [4.69, 9.17) is 5.73 Å². The van der Waals surface area contributed by atoms with Gasteiger partial charge >= 0.3 is 0 Å². The molecule has 0 amide bonds. The van der Waals surface area contributed by atoms with Gasteiger partial charge in [0.15, 0.2) is 0 Å². The Balaban J connectivity index is 2.42. The fraction of sp³-hybridized carbons (Fsp3) is 0.500. The van der Waals surface area contributed by atoms with Crippen molar-refractivity contribution in [3.8, 4) is 0 Å². The molecule has 0 radical (unpaired) electrons. The van der Waals surface area contributed by atoms with Crippen molar-refractivity contribution in [3.63, 3.8) is 0 Å². The number of benzene rings is 1. The van der Waals surface area contributed by atoms with Crippen LogP contribution in [0.1, 0.15) is 30.9 Å². The molecule has 76 valence electrons. The van der Waals surface area contributed by atoms with Gasteiger partial charge < -0.3 is 5.73 Å². The molecule has 0 saturated heterocycles. The molecule has 0 aliphatic heterocycles. The van der Waals surface area contributed by atoms with E-state index >= 15 is 0 Å². The Morgan fingerprint density at radius 3 is 2.50 bits per heavy atom. The van der Waals surface area contributed by atoms with Crippen LogP contribution in [0.2, 0.25) is 0 Å². The van der Waals surface area contributed by atoms with Crippen molar-refractivity contribution in [3.05, 3.63) is 33.8 Å². The molecule has 14 heavy (non-hydrogen) atoms.